The van der Waals surface area contributed by atoms with E-state index in [0.717, 1.165) is 18.7 Å². The molecule has 0 bridgehead atoms. The minimum atomic E-state index is 0.416. The summed E-state index contributed by atoms with van der Waals surface area (Å²) in [6.45, 7) is 0.979. The summed E-state index contributed by atoms with van der Waals surface area (Å²) in [4.78, 5) is 2.22. The van der Waals surface area contributed by atoms with Crippen LogP contribution in [0.1, 0.15) is 49.7 Å². The fourth-order valence-corrected chi connectivity index (χ4v) is 4.67. The van der Waals surface area contributed by atoms with Gasteiger partial charge in [0.1, 0.15) is 0 Å². The van der Waals surface area contributed by atoms with Gasteiger partial charge in [-0.05, 0) is 60.8 Å². The molecule has 2 aromatic rings. The van der Waals surface area contributed by atoms with Crippen LogP contribution in [0.25, 0.3) is 16.3 Å². The first kappa shape index (κ1) is 18.2. The highest BCUT2D eigenvalue weighted by atomic mass is 15.0. The highest BCUT2D eigenvalue weighted by Crippen LogP contribution is 2.37. The number of nitrogens with one attached hydrogen (secondary N) is 1. The first-order chi connectivity index (χ1) is 13.1. The van der Waals surface area contributed by atoms with E-state index in [9.17, 15) is 0 Å². The van der Waals surface area contributed by atoms with Crippen molar-refractivity contribution in [3.63, 3.8) is 0 Å². The standard InChI is InChI=1S/C25H30N2/c1-27(2)17-18-12-13-21(16-18)23-15-14-19-8-6-7-11-22(19)24(23)25(26)20-9-4-3-5-10-20/h6-8,11-12,14-16,20,26H,3-5,9-10,13,17H2,1-2H3. The second-order valence-electron chi connectivity index (χ2n) is 8.35. The molecule has 1 fully saturated rings. The van der Waals surface area contributed by atoms with Crippen molar-refractivity contribution in [2.24, 2.45) is 5.92 Å². The van der Waals surface area contributed by atoms with Gasteiger partial charge in [-0.1, -0.05) is 67.8 Å². The van der Waals surface area contributed by atoms with Gasteiger partial charge < -0.3 is 10.3 Å². The normalized spacial score (nSPS) is 18.0. The van der Waals surface area contributed by atoms with Crippen molar-refractivity contribution in [2.45, 2.75) is 38.5 Å². The number of hydrogen-bond acceptors (Lipinski definition) is 2. The molecule has 0 radical (unpaired) electrons. The third-order valence-electron chi connectivity index (χ3n) is 6.00. The van der Waals surface area contributed by atoms with Crippen molar-refractivity contribution in [3.05, 3.63) is 65.3 Å². The zero-order valence-electron chi connectivity index (χ0n) is 16.6. The van der Waals surface area contributed by atoms with E-state index in [1.807, 2.05) is 0 Å². The highest BCUT2D eigenvalue weighted by molar-refractivity contribution is 6.14. The lowest BCUT2D eigenvalue weighted by Crippen LogP contribution is -2.19. The van der Waals surface area contributed by atoms with Gasteiger partial charge in [0, 0.05) is 23.7 Å². The van der Waals surface area contributed by atoms with Crippen molar-refractivity contribution in [1.82, 2.24) is 4.90 Å². The van der Waals surface area contributed by atoms with Crippen LogP contribution in [0.2, 0.25) is 0 Å². The molecule has 2 aliphatic rings. The monoisotopic (exact) mass is 358 g/mol. The van der Waals surface area contributed by atoms with Crippen LogP contribution < -0.4 is 0 Å². The minimum Gasteiger partial charge on any atom is -0.305 e. The Morgan fingerprint density at radius 1 is 1.04 bits per heavy atom. The topological polar surface area (TPSA) is 27.1 Å². The minimum absolute atomic E-state index is 0.416. The van der Waals surface area contributed by atoms with E-state index in [2.05, 4.69) is 67.5 Å². The predicted molar refractivity (Wildman–Crippen MR) is 117 cm³/mol. The number of benzene rings is 2. The summed E-state index contributed by atoms with van der Waals surface area (Å²) >= 11 is 0. The van der Waals surface area contributed by atoms with E-state index in [1.165, 1.54) is 65.1 Å². The zero-order valence-corrected chi connectivity index (χ0v) is 16.6. The van der Waals surface area contributed by atoms with Gasteiger partial charge in [-0.3, -0.25) is 0 Å². The quantitative estimate of drug-likeness (QED) is 0.646. The maximum Gasteiger partial charge on any atom is 0.0429 e. The zero-order chi connectivity index (χ0) is 18.8. The SMILES string of the molecule is CN(C)CC1=CCC(c2ccc3ccccc3c2C(=N)C2CCCCC2)=C1. The summed E-state index contributed by atoms with van der Waals surface area (Å²) in [7, 11) is 4.24. The molecule has 1 N–H and O–H groups in total. The van der Waals surface area contributed by atoms with Crippen LogP contribution in [0.3, 0.4) is 0 Å². The molecule has 0 saturated heterocycles. The average Bonchev–Trinajstić information content (AvgIpc) is 3.14. The maximum absolute atomic E-state index is 9.12. The molecule has 4 rings (SSSR count). The van der Waals surface area contributed by atoms with Gasteiger partial charge in [0.2, 0.25) is 0 Å². The van der Waals surface area contributed by atoms with Crippen molar-refractivity contribution >= 4 is 22.1 Å². The molecule has 0 spiro atoms. The van der Waals surface area contributed by atoms with Gasteiger partial charge in [0.25, 0.3) is 0 Å². The Morgan fingerprint density at radius 3 is 2.59 bits per heavy atom. The maximum atomic E-state index is 9.12. The molecule has 0 heterocycles. The van der Waals surface area contributed by atoms with Gasteiger partial charge >= 0.3 is 0 Å². The number of nitrogens with zero attached hydrogens (tertiary/aromatic N) is 1. The van der Waals surface area contributed by atoms with Crippen LogP contribution in [0.15, 0.2) is 54.1 Å². The molecule has 2 nitrogen and oxygen atoms in total. The first-order valence-corrected chi connectivity index (χ1v) is 10.3. The van der Waals surface area contributed by atoms with E-state index in [-0.39, 0.29) is 0 Å². The Bertz CT molecular complexity index is 911. The highest BCUT2D eigenvalue weighted by Gasteiger charge is 2.24. The molecule has 1 saturated carbocycles. The molecule has 0 aliphatic heterocycles. The Kier molecular flexibility index (Phi) is 5.27. The van der Waals surface area contributed by atoms with Crippen molar-refractivity contribution in [1.29, 1.82) is 5.41 Å². The molecular weight excluding hydrogens is 328 g/mol. The smallest absolute Gasteiger partial charge is 0.0429 e. The van der Waals surface area contributed by atoms with E-state index in [1.54, 1.807) is 0 Å². The summed E-state index contributed by atoms with van der Waals surface area (Å²) < 4.78 is 0. The number of allylic oxidation sites excluding steroid dienone is 2. The lowest BCUT2D eigenvalue weighted by molar-refractivity contribution is 0.439. The van der Waals surface area contributed by atoms with Crippen LogP contribution >= 0.6 is 0 Å². The first-order valence-electron chi connectivity index (χ1n) is 10.3. The van der Waals surface area contributed by atoms with Crippen LogP contribution in [0, 0.1) is 11.3 Å². The second kappa shape index (κ2) is 7.82. The third kappa shape index (κ3) is 3.77. The molecule has 0 atom stereocenters. The Balaban J connectivity index is 1.78. The molecule has 140 valence electrons. The molecule has 2 aliphatic carbocycles. The van der Waals surface area contributed by atoms with Gasteiger partial charge in [0.15, 0.2) is 0 Å². The lowest BCUT2D eigenvalue weighted by Gasteiger charge is -2.25. The summed E-state index contributed by atoms with van der Waals surface area (Å²) in [5.74, 6) is 0.416. The average molecular weight is 359 g/mol. The molecule has 27 heavy (non-hydrogen) atoms. The predicted octanol–water partition coefficient (Wildman–Crippen LogP) is 6.06. The lowest BCUT2D eigenvalue weighted by atomic mass is 9.80. The van der Waals surface area contributed by atoms with Crippen molar-refractivity contribution in [2.75, 3.05) is 20.6 Å². The number of likely N-dealkylation sites (N-methyl/N-ethyl adjacent to an activating group) is 1. The molecule has 0 aromatic heterocycles. The number of hydrogen-bond donors (Lipinski definition) is 1. The molecule has 0 amide bonds. The number of rotatable bonds is 5. The van der Waals surface area contributed by atoms with Crippen LogP contribution in [-0.4, -0.2) is 31.3 Å². The summed E-state index contributed by atoms with van der Waals surface area (Å²) in [5.41, 5.74) is 6.08. The Hall–Kier alpha value is -2.19. The summed E-state index contributed by atoms with van der Waals surface area (Å²) in [5, 5.41) is 11.6. The van der Waals surface area contributed by atoms with Crippen molar-refractivity contribution < 1.29 is 0 Å². The van der Waals surface area contributed by atoms with Crippen LogP contribution in [-0.2, 0) is 0 Å². The summed E-state index contributed by atoms with van der Waals surface area (Å²) in [6, 6.07) is 13.1. The largest absolute Gasteiger partial charge is 0.305 e. The fraction of sp³-hybridized carbons (Fsp3) is 0.400. The van der Waals surface area contributed by atoms with Gasteiger partial charge in [0.05, 0.1) is 0 Å². The molecular formula is C25H30N2. The van der Waals surface area contributed by atoms with E-state index in [4.69, 9.17) is 5.41 Å². The number of fused-ring (bicyclic) bond motifs is 1. The molecule has 2 heteroatoms. The van der Waals surface area contributed by atoms with Crippen molar-refractivity contribution in [3.8, 4) is 0 Å². The Labute approximate surface area is 163 Å². The van der Waals surface area contributed by atoms with E-state index < -0.39 is 0 Å². The fourth-order valence-electron chi connectivity index (χ4n) is 4.67. The van der Waals surface area contributed by atoms with Gasteiger partial charge in [-0.15, -0.1) is 0 Å². The van der Waals surface area contributed by atoms with Gasteiger partial charge in [-0.2, -0.15) is 0 Å². The van der Waals surface area contributed by atoms with Crippen LogP contribution in [0.5, 0.6) is 0 Å². The van der Waals surface area contributed by atoms with Crippen LogP contribution in [0.4, 0.5) is 0 Å². The molecule has 0 unspecified atom stereocenters. The van der Waals surface area contributed by atoms with E-state index in [0.29, 0.717) is 5.92 Å². The van der Waals surface area contributed by atoms with E-state index >= 15 is 0 Å². The Morgan fingerprint density at radius 2 is 1.81 bits per heavy atom. The molecule has 2 aromatic carbocycles. The van der Waals surface area contributed by atoms with Gasteiger partial charge in [-0.25, -0.2) is 0 Å². The third-order valence-corrected chi connectivity index (χ3v) is 6.00. The second-order valence-corrected chi connectivity index (χ2v) is 8.35. The summed E-state index contributed by atoms with van der Waals surface area (Å²) in [6.07, 6.45) is 11.9.